The van der Waals surface area contributed by atoms with E-state index in [0.717, 1.165) is 11.1 Å². The molecule has 3 heterocycles. The molecule has 13 heteroatoms. The molecule has 2 aromatic heterocycles. The molecule has 0 spiro atoms. The second kappa shape index (κ2) is 11.7. The molecule has 40 heavy (non-hydrogen) atoms. The van der Waals surface area contributed by atoms with Gasteiger partial charge in [0.25, 0.3) is 5.91 Å². The summed E-state index contributed by atoms with van der Waals surface area (Å²) in [5, 5.41) is 23.8. The fourth-order valence-electron chi connectivity index (χ4n) is 4.20. The Labute approximate surface area is 230 Å². The maximum atomic E-state index is 12.7. The first-order valence-electron chi connectivity index (χ1n) is 12.5. The Balaban J connectivity index is 1.28. The smallest absolute Gasteiger partial charge is 0.254 e. The fourth-order valence-corrected chi connectivity index (χ4v) is 4.20. The molecule has 0 unspecified atom stereocenters. The summed E-state index contributed by atoms with van der Waals surface area (Å²) in [5.41, 5.74) is 3.09. The van der Waals surface area contributed by atoms with Crippen LogP contribution in [0.2, 0.25) is 0 Å². The van der Waals surface area contributed by atoms with Crippen molar-refractivity contribution in [2.45, 2.75) is 25.7 Å². The van der Waals surface area contributed by atoms with E-state index in [1.54, 1.807) is 59.4 Å². The van der Waals surface area contributed by atoms with E-state index in [9.17, 15) is 10.1 Å². The SMILES string of the molecule is COc1cc(C(=O)N2CC(OC)C2)ccc1Nc1ncc(-c2ccc(C#N)c(O[C@@H](C)Cn3cnnn3)c2)cn1. The lowest BCUT2D eigenvalue weighted by molar-refractivity contribution is -0.0192. The number of aromatic nitrogens is 6. The van der Waals surface area contributed by atoms with E-state index >= 15 is 0 Å². The number of rotatable bonds is 10. The van der Waals surface area contributed by atoms with Crippen molar-refractivity contribution in [1.82, 2.24) is 35.1 Å². The number of carbonyl (C=O) groups excluding carboxylic acids is 1. The van der Waals surface area contributed by atoms with Crippen molar-refractivity contribution in [3.63, 3.8) is 0 Å². The van der Waals surface area contributed by atoms with Gasteiger partial charge in [0.15, 0.2) is 0 Å². The first-order chi connectivity index (χ1) is 19.5. The Kier molecular flexibility index (Phi) is 7.79. The van der Waals surface area contributed by atoms with Crippen LogP contribution in [0.5, 0.6) is 11.5 Å². The minimum atomic E-state index is -0.279. The molecule has 1 atom stereocenters. The van der Waals surface area contributed by atoms with E-state index in [4.69, 9.17) is 14.2 Å². The van der Waals surface area contributed by atoms with E-state index in [1.807, 2.05) is 13.0 Å². The first kappa shape index (κ1) is 26.5. The second-order valence-electron chi connectivity index (χ2n) is 9.19. The van der Waals surface area contributed by atoms with Gasteiger partial charge in [0.05, 0.1) is 31.0 Å². The zero-order valence-electron chi connectivity index (χ0n) is 22.2. The lowest BCUT2D eigenvalue weighted by atomic mass is 10.1. The molecule has 204 valence electrons. The number of tetrazole rings is 1. The molecule has 1 saturated heterocycles. The number of hydrogen-bond donors (Lipinski definition) is 1. The highest BCUT2D eigenvalue weighted by Gasteiger charge is 2.31. The Bertz CT molecular complexity index is 1510. The van der Waals surface area contributed by atoms with Gasteiger partial charge in [-0.25, -0.2) is 14.6 Å². The van der Waals surface area contributed by atoms with Crippen LogP contribution in [0.25, 0.3) is 11.1 Å². The first-order valence-corrected chi connectivity index (χ1v) is 12.5. The molecule has 1 aliphatic rings. The van der Waals surface area contributed by atoms with Crippen LogP contribution >= 0.6 is 0 Å². The molecular formula is C27H27N9O4. The Hall–Kier alpha value is -5.09. The Morgan fingerprint density at radius 2 is 1.93 bits per heavy atom. The maximum absolute atomic E-state index is 12.7. The Morgan fingerprint density at radius 3 is 2.60 bits per heavy atom. The van der Waals surface area contributed by atoms with Crippen molar-refractivity contribution < 1.29 is 19.0 Å². The number of benzene rings is 2. The summed E-state index contributed by atoms with van der Waals surface area (Å²) in [4.78, 5) is 23.3. The summed E-state index contributed by atoms with van der Waals surface area (Å²) in [5.74, 6) is 1.21. The van der Waals surface area contributed by atoms with Gasteiger partial charge in [-0.15, -0.1) is 5.10 Å². The van der Waals surface area contributed by atoms with Crippen molar-refractivity contribution in [3.8, 4) is 28.7 Å². The predicted octanol–water partition coefficient (Wildman–Crippen LogP) is 2.69. The van der Waals surface area contributed by atoms with Gasteiger partial charge < -0.3 is 24.4 Å². The highest BCUT2D eigenvalue weighted by molar-refractivity contribution is 5.96. The van der Waals surface area contributed by atoms with Crippen LogP contribution in [-0.4, -0.2) is 80.5 Å². The summed E-state index contributed by atoms with van der Waals surface area (Å²) in [6.45, 7) is 3.45. The average molecular weight is 542 g/mol. The number of amides is 1. The van der Waals surface area contributed by atoms with Gasteiger partial charge >= 0.3 is 0 Å². The van der Waals surface area contributed by atoms with Crippen LogP contribution in [0.3, 0.4) is 0 Å². The zero-order valence-corrected chi connectivity index (χ0v) is 22.2. The molecule has 0 saturated carbocycles. The number of methoxy groups -OCH3 is 2. The highest BCUT2D eigenvalue weighted by atomic mass is 16.5. The molecular weight excluding hydrogens is 514 g/mol. The summed E-state index contributed by atoms with van der Waals surface area (Å²) in [7, 11) is 3.18. The second-order valence-corrected chi connectivity index (χ2v) is 9.19. The lowest BCUT2D eigenvalue weighted by Gasteiger charge is -2.38. The van der Waals surface area contributed by atoms with Crippen LogP contribution < -0.4 is 14.8 Å². The van der Waals surface area contributed by atoms with Gasteiger partial charge in [0.1, 0.15) is 30.0 Å². The van der Waals surface area contributed by atoms with Crippen molar-refractivity contribution in [2.75, 3.05) is 32.6 Å². The number of nitrogens with one attached hydrogen (secondary N) is 1. The number of carbonyl (C=O) groups is 1. The van der Waals surface area contributed by atoms with Gasteiger partial charge in [-0.1, -0.05) is 6.07 Å². The molecule has 0 radical (unpaired) electrons. The fraction of sp³-hybridized carbons (Fsp3) is 0.296. The van der Waals surface area contributed by atoms with E-state index in [1.165, 1.54) is 13.4 Å². The number of hydrogen-bond acceptors (Lipinski definition) is 11. The van der Waals surface area contributed by atoms with Gasteiger partial charge in [-0.3, -0.25) is 4.79 Å². The molecule has 2 aromatic carbocycles. The minimum Gasteiger partial charge on any atom is -0.495 e. The third-order valence-corrected chi connectivity index (χ3v) is 6.41. The largest absolute Gasteiger partial charge is 0.495 e. The average Bonchev–Trinajstić information content (AvgIpc) is 3.46. The van der Waals surface area contributed by atoms with Crippen molar-refractivity contribution in [3.05, 3.63) is 66.2 Å². The van der Waals surface area contributed by atoms with E-state index in [2.05, 4.69) is 36.9 Å². The monoisotopic (exact) mass is 541 g/mol. The molecule has 13 nitrogen and oxygen atoms in total. The molecule has 5 rings (SSSR count). The molecule has 4 aromatic rings. The molecule has 1 N–H and O–H groups in total. The standard InChI is InChI=1S/C27H27N9O4/c1-17(13-36-16-31-33-34-36)40-24-8-18(4-5-20(24)10-28)21-11-29-27(30-12-21)32-23-7-6-19(9-25(23)39-3)26(37)35-14-22(15-35)38-2/h4-9,11-12,16-17,22H,13-15H2,1-3H3,(H,29,30,32)/t17-/m0/s1. The van der Waals surface area contributed by atoms with Gasteiger partial charge in [0, 0.05) is 43.7 Å². The zero-order chi connectivity index (χ0) is 28.1. The summed E-state index contributed by atoms with van der Waals surface area (Å²) in [6.07, 6.45) is 4.65. The van der Waals surface area contributed by atoms with Crippen LogP contribution in [0.1, 0.15) is 22.8 Å². The normalized spacial score (nSPS) is 13.7. The number of anilines is 2. The summed E-state index contributed by atoms with van der Waals surface area (Å²) in [6, 6.07) is 12.6. The number of nitriles is 1. The van der Waals surface area contributed by atoms with Crippen LogP contribution in [0, 0.1) is 11.3 Å². The van der Waals surface area contributed by atoms with E-state index in [-0.39, 0.29) is 18.1 Å². The number of nitrogens with zero attached hydrogens (tertiary/aromatic N) is 8. The van der Waals surface area contributed by atoms with Crippen LogP contribution in [-0.2, 0) is 11.3 Å². The topological polar surface area (TPSA) is 153 Å². The third-order valence-electron chi connectivity index (χ3n) is 6.41. The van der Waals surface area contributed by atoms with Gasteiger partial charge in [0.2, 0.25) is 5.95 Å². The van der Waals surface area contributed by atoms with Crippen molar-refractivity contribution >= 4 is 17.5 Å². The van der Waals surface area contributed by atoms with E-state index in [0.29, 0.717) is 53.9 Å². The molecule has 1 amide bonds. The molecule has 1 aliphatic heterocycles. The Morgan fingerprint density at radius 1 is 1.12 bits per heavy atom. The number of ether oxygens (including phenoxy) is 3. The lowest BCUT2D eigenvalue weighted by Crippen LogP contribution is -2.54. The summed E-state index contributed by atoms with van der Waals surface area (Å²) < 4.78 is 18.3. The van der Waals surface area contributed by atoms with Crippen molar-refractivity contribution in [1.29, 1.82) is 5.26 Å². The summed E-state index contributed by atoms with van der Waals surface area (Å²) >= 11 is 0. The quantitative estimate of drug-likeness (QED) is 0.315. The molecule has 1 fully saturated rings. The maximum Gasteiger partial charge on any atom is 0.254 e. The number of likely N-dealkylation sites (tertiary alicyclic amines) is 1. The third kappa shape index (κ3) is 5.82. The van der Waals surface area contributed by atoms with Crippen LogP contribution in [0.4, 0.5) is 11.6 Å². The van der Waals surface area contributed by atoms with Crippen molar-refractivity contribution in [2.24, 2.45) is 0 Å². The highest BCUT2D eigenvalue weighted by Crippen LogP contribution is 2.31. The van der Waals surface area contributed by atoms with Gasteiger partial charge in [-0.2, -0.15) is 5.26 Å². The predicted molar refractivity (Wildman–Crippen MR) is 143 cm³/mol. The molecule has 0 bridgehead atoms. The van der Waals surface area contributed by atoms with E-state index < -0.39 is 0 Å². The van der Waals surface area contributed by atoms with Gasteiger partial charge in [-0.05, 0) is 53.2 Å². The van der Waals surface area contributed by atoms with Crippen LogP contribution in [0.15, 0.2) is 55.1 Å². The minimum absolute atomic E-state index is 0.0747. The molecule has 0 aliphatic carbocycles.